The van der Waals surface area contributed by atoms with Crippen LogP contribution in [0.5, 0.6) is 5.75 Å². The Morgan fingerprint density at radius 1 is 1.15 bits per heavy atom. The van der Waals surface area contributed by atoms with Gasteiger partial charge in [0.05, 0.1) is 9.92 Å². The van der Waals surface area contributed by atoms with E-state index in [1.165, 1.54) is 18.2 Å². The number of halogens is 1. The Labute approximate surface area is 164 Å². The molecular weight excluding hydrogens is 388 g/mol. The highest BCUT2D eigenvalue weighted by atomic mass is 35.5. The average molecular weight is 411 g/mol. The molecule has 0 bridgehead atoms. The van der Waals surface area contributed by atoms with Crippen molar-refractivity contribution in [2.45, 2.75) is 25.2 Å². The topological polar surface area (TPSA) is 84.5 Å². The summed E-state index contributed by atoms with van der Waals surface area (Å²) in [6.07, 6.45) is 0.882. The molecule has 0 aliphatic rings. The molecule has 0 radical (unpaired) electrons. The summed E-state index contributed by atoms with van der Waals surface area (Å²) in [6, 6.07) is 12.6. The van der Waals surface area contributed by atoms with Gasteiger partial charge >= 0.3 is 0 Å². The van der Waals surface area contributed by atoms with E-state index in [4.69, 9.17) is 16.3 Å². The molecule has 1 amide bonds. The summed E-state index contributed by atoms with van der Waals surface area (Å²) in [7, 11) is -3.77. The molecular formula is C19H23ClN2O4S. The summed E-state index contributed by atoms with van der Waals surface area (Å²) in [5.74, 6) is 0.489. The van der Waals surface area contributed by atoms with E-state index in [1.54, 1.807) is 30.3 Å². The van der Waals surface area contributed by atoms with Gasteiger partial charge in [-0.2, -0.15) is 0 Å². The van der Waals surface area contributed by atoms with Crippen molar-refractivity contribution in [3.05, 3.63) is 53.6 Å². The summed E-state index contributed by atoms with van der Waals surface area (Å²) in [5, 5.41) is 2.87. The minimum Gasteiger partial charge on any atom is -0.482 e. The number of hydrogen-bond acceptors (Lipinski definition) is 4. The number of carbonyl (C=O) groups excluding carboxylic acids is 1. The van der Waals surface area contributed by atoms with E-state index in [9.17, 15) is 13.2 Å². The Morgan fingerprint density at radius 2 is 1.85 bits per heavy atom. The van der Waals surface area contributed by atoms with Gasteiger partial charge in [-0.25, -0.2) is 8.42 Å². The molecule has 2 aromatic carbocycles. The van der Waals surface area contributed by atoms with E-state index in [0.717, 1.165) is 6.42 Å². The predicted octanol–water partition coefficient (Wildman–Crippen LogP) is 3.68. The third-order valence-electron chi connectivity index (χ3n) is 3.64. The van der Waals surface area contributed by atoms with Crippen LogP contribution in [0.1, 0.15) is 20.3 Å². The highest BCUT2D eigenvalue weighted by Crippen LogP contribution is 2.28. The smallest absolute Gasteiger partial charge is 0.261 e. The van der Waals surface area contributed by atoms with Gasteiger partial charge in [-0.3, -0.25) is 9.52 Å². The van der Waals surface area contributed by atoms with Crippen LogP contribution >= 0.6 is 11.6 Å². The molecule has 2 aromatic rings. The first kappa shape index (κ1) is 21.1. The van der Waals surface area contributed by atoms with Crippen LogP contribution in [0.15, 0.2) is 53.4 Å². The molecule has 8 heteroatoms. The number of ether oxygens (including phenoxy) is 1. The van der Waals surface area contributed by atoms with E-state index >= 15 is 0 Å². The number of anilines is 1. The van der Waals surface area contributed by atoms with Crippen molar-refractivity contribution < 1.29 is 17.9 Å². The van der Waals surface area contributed by atoms with Crippen molar-refractivity contribution in [2.75, 3.05) is 17.9 Å². The lowest BCUT2D eigenvalue weighted by atomic mass is 10.1. The van der Waals surface area contributed by atoms with Crippen LogP contribution in [0, 0.1) is 5.92 Å². The van der Waals surface area contributed by atoms with Crippen molar-refractivity contribution in [2.24, 2.45) is 5.92 Å². The molecule has 0 fully saturated rings. The van der Waals surface area contributed by atoms with Gasteiger partial charge in [-0.1, -0.05) is 43.6 Å². The molecule has 2 N–H and O–H groups in total. The van der Waals surface area contributed by atoms with Crippen LogP contribution in [-0.2, 0) is 14.8 Å². The van der Waals surface area contributed by atoms with Crippen molar-refractivity contribution in [3.8, 4) is 5.75 Å². The van der Waals surface area contributed by atoms with E-state index in [-0.39, 0.29) is 28.2 Å². The second-order valence-corrected chi connectivity index (χ2v) is 8.47. The maximum absolute atomic E-state index is 12.4. The molecule has 0 saturated heterocycles. The molecule has 0 saturated carbocycles. The number of nitrogens with one attached hydrogen (secondary N) is 2. The fourth-order valence-electron chi connectivity index (χ4n) is 2.18. The predicted molar refractivity (Wildman–Crippen MR) is 107 cm³/mol. The first-order valence-electron chi connectivity index (χ1n) is 8.55. The minimum atomic E-state index is -3.77. The SMILES string of the molecule is CC(C)CCNC(=O)COc1ccc(S(=O)(=O)Nc2ccccc2)cc1Cl. The van der Waals surface area contributed by atoms with Gasteiger partial charge in [0.1, 0.15) is 5.75 Å². The lowest BCUT2D eigenvalue weighted by molar-refractivity contribution is -0.123. The van der Waals surface area contributed by atoms with Crippen LogP contribution in [0.4, 0.5) is 5.69 Å². The van der Waals surface area contributed by atoms with Crippen LogP contribution < -0.4 is 14.8 Å². The molecule has 146 valence electrons. The Morgan fingerprint density at radius 3 is 2.48 bits per heavy atom. The number of carbonyl (C=O) groups is 1. The number of benzene rings is 2. The second-order valence-electron chi connectivity index (χ2n) is 6.38. The van der Waals surface area contributed by atoms with Crippen LogP contribution in [0.2, 0.25) is 5.02 Å². The number of rotatable bonds is 9. The summed E-state index contributed by atoms with van der Waals surface area (Å²) in [6.45, 7) is 4.54. The van der Waals surface area contributed by atoms with Crippen LogP contribution in [-0.4, -0.2) is 27.5 Å². The normalized spacial score (nSPS) is 11.3. The van der Waals surface area contributed by atoms with Gasteiger partial charge in [-0.15, -0.1) is 0 Å². The first-order chi connectivity index (χ1) is 12.8. The number of sulfonamides is 1. The maximum atomic E-state index is 12.4. The first-order valence-corrected chi connectivity index (χ1v) is 10.4. The van der Waals surface area contributed by atoms with Crippen LogP contribution in [0.25, 0.3) is 0 Å². The molecule has 6 nitrogen and oxygen atoms in total. The van der Waals surface area contributed by atoms with Crippen molar-refractivity contribution >= 4 is 33.2 Å². The largest absolute Gasteiger partial charge is 0.482 e. The van der Waals surface area contributed by atoms with Gasteiger partial charge < -0.3 is 10.1 Å². The number of para-hydroxylation sites is 1. The molecule has 0 heterocycles. The van der Waals surface area contributed by atoms with Crippen molar-refractivity contribution in [1.82, 2.24) is 5.32 Å². The summed E-state index contributed by atoms with van der Waals surface area (Å²) in [5.41, 5.74) is 0.451. The summed E-state index contributed by atoms with van der Waals surface area (Å²) < 4.78 is 32.7. The Bertz CT molecular complexity index is 871. The zero-order chi connectivity index (χ0) is 19.9. The molecule has 0 aliphatic carbocycles. The van der Waals surface area contributed by atoms with Gasteiger partial charge in [-0.05, 0) is 42.7 Å². The average Bonchev–Trinajstić information content (AvgIpc) is 2.60. The third-order valence-corrected chi connectivity index (χ3v) is 5.32. The van der Waals surface area contributed by atoms with Gasteiger partial charge in [0.15, 0.2) is 6.61 Å². The quantitative estimate of drug-likeness (QED) is 0.660. The summed E-state index contributed by atoms with van der Waals surface area (Å²) >= 11 is 6.12. The van der Waals surface area contributed by atoms with E-state index in [2.05, 4.69) is 23.9 Å². The highest BCUT2D eigenvalue weighted by Gasteiger charge is 2.16. The third kappa shape index (κ3) is 6.77. The lowest BCUT2D eigenvalue weighted by Crippen LogP contribution is -2.30. The van der Waals surface area contributed by atoms with Crippen LogP contribution in [0.3, 0.4) is 0 Å². The lowest BCUT2D eigenvalue weighted by Gasteiger charge is -2.12. The Kier molecular flexibility index (Phi) is 7.50. The van der Waals surface area contributed by atoms with Crippen molar-refractivity contribution in [1.29, 1.82) is 0 Å². The van der Waals surface area contributed by atoms with E-state index < -0.39 is 10.0 Å². The van der Waals surface area contributed by atoms with E-state index in [1.807, 2.05) is 0 Å². The zero-order valence-corrected chi connectivity index (χ0v) is 16.8. The fourth-order valence-corrected chi connectivity index (χ4v) is 3.56. The minimum absolute atomic E-state index is 0.00471. The maximum Gasteiger partial charge on any atom is 0.261 e. The second kappa shape index (κ2) is 9.62. The molecule has 0 aliphatic heterocycles. The Hall–Kier alpha value is -2.25. The monoisotopic (exact) mass is 410 g/mol. The molecule has 0 unspecified atom stereocenters. The standard InChI is InChI=1S/C19H23ClN2O4S/c1-14(2)10-11-21-19(23)13-26-18-9-8-16(12-17(18)20)27(24,25)22-15-6-4-3-5-7-15/h3-9,12,14,22H,10-11,13H2,1-2H3,(H,21,23). The molecule has 0 aromatic heterocycles. The summed E-state index contributed by atoms with van der Waals surface area (Å²) in [4.78, 5) is 11.8. The molecule has 2 rings (SSSR count). The molecule has 0 spiro atoms. The Balaban J connectivity index is 1.97. The molecule has 0 atom stereocenters. The van der Waals surface area contributed by atoms with Gasteiger partial charge in [0, 0.05) is 12.2 Å². The number of amides is 1. The van der Waals surface area contributed by atoms with Gasteiger partial charge in [0.2, 0.25) is 0 Å². The van der Waals surface area contributed by atoms with Crippen molar-refractivity contribution in [3.63, 3.8) is 0 Å². The van der Waals surface area contributed by atoms with Gasteiger partial charge in [0.25, 0.3) is 15.9 Å². The van der Waals surface area contributed by atoms with E-state index in [0.29, 0.717) is 18.2 Å². The zero-order valence-electron chi connectivity index (χ0n) is 15.2. The highest BCUT2D eigenvalue weighted by molar-refractivity contribution is 7.92. The molecule has 27 heavy (non-hydrogen) atoms. The number of hydrogen-bond donors (Lipinski definition) is 2. The fraction of sp³-hybridized carbons (Fsp3) is 0.316.